The van der Waals surface area contributed by atoms with Gasteiger partial charge in [-0.15, -0.1) is 0 Å². The highest BCUT2D eigenvalue weighted by molar-refractivity contribution is 5.78. The van der Waals surface area contributed by atoms with E-state index < -0.39 is 0 Å². The van der Waals surface area contributed by atoms with Crippen molar-refractivity contribution in [2.24, 2.45) is 5.92 Å². The van der Waals surface area contributed by atoms with Crippen molar-refractivity contribution in [3.8, 4) is 5.69 Å². The minimum Gasteiger partial charge on any atom is -0.352 e. The molecule has 1 N–H and O–H groups in total. The van der Waals surface area contributed by atoms with Crippen molar-refractivity contribution < 1.29 is 9.18 Å². The van der Waals surface area contributed by atoms with Gasteiger partial charge in [0.1, 0.15) is 18.0 Å². The fraction of sp³-hybridized carbons (Fsp3) is 0.368. The first-order chi connectivity index (χ1) is 13.0. The first-order valence-corrected chi connectivity index (χ1v) is 8.98. The normalized spacial score (nSPS) is 16.2. The minimum atomic E-state index is -0.282. The number of halogens is 1. The Morgan fingerprint density at radius 1 is 1.30 bits per heavy atom. The van der Waals surface area contributed by atoms with Crippen molar-refractivity contribution in [1.82, 2.24) is 29.9 Å². The second-order valence-electron chi connectivity index (χ2n) is 6.85. The van der Waals surface area contributed by atoms with Gasteiger partial charge in [0, 0.05) is 24.2 Å². The molecule has 0 saturated carbocycles. The van der Waals surface area contributed by atoms with Crippen LogP contribution in [0.5, 0.6) is 0 Å². The Bertz CT molecular complexity index is 975. The molecule has 140 valence electrons. The van der Waals surface area contributed by atoms with Gasteiger partial charge in [0.25, 0.3) is 0 Å². The third-order valence-corrected chi connectivity index (χ3v) is 5.13. The summed E-state index contributed by atoms with van der Waals surface area (Å²) in [5.74, 6) is 0.568. The van der Waals surface area contributed by atoms with Crippen LogP contribution in [0.25, 0.3) is 5.69 Å². The zero-order valence-corrected chi connectivity index (χ0v) is 15.3. The smallest absolute Gasteiger partial charge is 0.225 e. The van der Waals surface area contributed by atoms with Gasteiger partial charge in [0.15, 0.2) is 0 Å². The number of carbonyl (C=O) groups is 1. The first-order valence-electron chi connectivity index (χ1n) is 8.98. The SMILES string of the molecule is Cc1nn(-c2ccc(F)cc2)c(C)c1CNC(=O)C1CCc2ncnn2C1. The Hall–Kier alpha value is -3.03. The van der Waals surface area contributed by atoms with Crippen LogP contribution in [0.4, 0.5) is 4.39 Å². The maximum atomic E-state index is 13.2. The van der Waals surface area contributed by atoms with E-state index in [1.54, 1.807) is 21.5 Å². The summed E-state index contributed by atoms with van der Waals surface area (Å²) in [5, 5.41) is 11.7. The molecule has 8 heteroatoms. The number of hydrogen-bond donors (Lipinski definition) is 1. The van der Waals surface area contributed by atoms with Gasteiger partial charge in [-0.05, 0) is 44.5 Å². The number of aromatic nitrogens is 5. The molecule has 1 aliphatic rings. The Morgan fingerprint density at radius 2 is 2.07 bits per heavy atom. The van der Waals surface area contributed by atoms with E-state index in [1.165, 1.54) is 18.5 Å². The van der Waals surface area contributed by atoms with Crippen molar-refractivity contribution in [2.75, 3.05) is 0 Å². The van der Waals surface area contributed by atoms with Gasteiger partial charge in [-0.3, -0.25) is 4.79 Å². The number of aryl methyl sites for hydroxylation is 2. The largest absolute Gasteiger partial charge is 0.352 e. The summed E-state index contributed by atoms with van der Waals surface area (Å²) in [6.45, 7) is 4.84. The van der Waals surface area contributed by atoms with Crippen molar-refractivity contribution in [3.05, 3.63) is 59.2 Å². The van der Waals surface area contributed by atoms with Crippen LogP contribution in [0.3, 0.4) is 0 Å². The van der Waals surface area contributed by atoms with E-state index in [9.17, 15) is 9.18 Å². The predicted octanol–water partition coefficient (Wildman–Crippen LogP) is 2.10. The highest BCUT2D eigenvalue weighted by Gasteiger charge is 2.26. The molecule has 1 amide bonds. The molecule has 0 spiro atoms. The van der Waals surface area contributed by atoms with Crippen LogP contribution >= 0.6 is 0 Å². The number of benzene rings is 1. The number of amides is 1. The molecule has 1 unspecified atom stereocenters. The summed E-state index contributed by atoms with van der Waals surface area (Å²) in [5.41, 5.74) is 3.55. The summed E-state index contributed by atoms with van der Waals surface area (Å²) >= 11 is 0. The Labute approximate surface area is 156 Å². The van der Waals surface area contributed by atoms with Crippen LogP contribution in [-0.2, 0) is 24.3 Å². The number of carbonyl (C=O) groups excluding carboxylic acids is 1. The molecular formula is C19H21FN6O. The molecule has 0 radical (unpaired) electrons. The summed E-state index contributed by atoms with van der Waals surface area (Å²) in [4.78, 5) is 16.8. The van der Waals surface area contributed by atoms with Crippen LogP contribution in [0.1, 0.15) is 29.2 Å². The van der Waals surface area contributed by atoms with Crippen molar-refractivity contribution >= 4 is 5.91 Å². The van der Waals surface area contributed by atoms with Gasteiger partial charge in [0.05, 0.1) is 23.8 Å². The minimum absolute atomic E-state index is 0.0180. The predicted molar refractivity (Wildman–Crippen MR) is 96.7 cm³/mol. The third kappa shape index (κ3) is 3.34. The molecule has 27 heavy (non-hydrogen) atoms. The molecular weight excluding hydrogens is 347 g/mol. The molecule has 4 rings (SSSR count). The lowest BCUT2D eigenvalue weighted by molar-refractivity contribution is -0.126. The van der Waals surface area contributed by atoms with E-state index in [4.69, 9.17) is 0 Å². The van der Waals surface area contributed by atoms with E-state index in [-0.39, 0.29) is 17.6 Å². The van der Waals surface area contributed by atoms with Crippen LogP contribution < -0.4 is 5.32 Å². The van der Waals surface area contributed by atoms with Crippen molar-refractivity contribution in [2.45, 2.75) is 39.8 Å². The van der Waals surface area contributed by atoms with E-state index in [0.29, 0.717) is 13.1 Å². The van der Waals surface area contributed by atoms with Gasteiger partial charge in [-0.25, -0.2) is 18.7 Å². The number of hydrogen-bond acceptors (Lipinski definition) is 4. The third-order valence-electron chi connectivity index (χ3n) is 5.13. The van der Waals surface area contributed by atoms with Gasteiger partial charge >= 0.3 is 0 Å². The summed E-state index contributed by atoms with van der Waals surface area (Å²) in [6.07, 6.45) is 3.07. The highest BCUT2D eigenvalue weighted by atomic mass is 19.1. The van der Waals surface area contributed by atoms with Crippen LogP contribution in [-0.4, -0.2) is 30.5 Å². The van der Waals surface area contributed by atoms with Gasteiger partial charge < -0.3 is 5.32 Å². The van der Waals surface area contributed by atoms with Crippen LogP contribution in [0.2, 0.25) is 0 Å². The lowest BCUT2D eigenvalue weighted by Gasteiger charge is -2.21. The molecule has 0 saturated heterocycles. The van der Waals surface area contributed by atoms with Gasteiger partial charge in [-0.2, -0.15) is 10.2 Å². The molecule has 0 bridgehead atoms. The molecule has 1 aliphatic heterocycles. The summed E-state index contributed by atoms with van der Waals surface area (Å²) < 4.78 is 16.7. The average molecular weight is 368 g/mol. The molecule has 7 nitrogen and oxygen atoms in total. The topological polar surface area (TPSA) is 77.6 Å². The highest BCUT2D eigenvalue weighted by Crippen LogP contribution is 2.20. The standard InChI is InChI=1S/C19H21FN6O/c1-12-17(13(2)26(24-12)16-6-4-15(20)5-7-16)9-21-19(27)14-3-8-18-22-11-23-25(18)10-14/h4-7,11,14H,3,8-10H2,1-2H3,(H,21,27). The number of rotatable bonds is 4. The van der Waals surface area contributed by atoms with Gasteiger partial charge in [-0.1, -0.05) is 0 Å². The second-order valence-corrected chi connectivity index (χ2v) is 6.85. The summed E-state index contributed by atoms with van der Waals surface area (Å²) in [6, 6.07) is 6.20. The van der Waals surface area contributed by atoms with E-state index in [2.05, 4.69) is 20.5 Å². The lowest BCUT2D eigenvalue weighted by atomic mass is 9.98. The Balaban J connectivity index is 1.45. The molecule has 3 aromatic rings. The molecule has 0 fully saturated rings. The quantitative estimate of drug-likeness (QED) is 0.765. The number of nitrogens with one attached hydrogen (secondary N) is 1. The van der Waals surface area contributed by atoms with Crippen LogP contribution in [0.15, 0.2) is 30.6 Å². The average Bonchev–Trinajstić information content (AvgIpc) is 3.24. The van der Waals surface area contributed by atoms with Crippen molar-refractivity contribution in [1.29, 1.82) is 0 Å². The van der Waals surface area contributed by atoms with E-state index in [1.807, 2.05) is 13.8 Å². The number of nitrogens with zero attached hydrogens (tertiary/aromatic N) is 5. The van der Waals surface area contributed by atoms with E-state index >= 15 is 0 Å². The lowest BCUT2D eigenvalue weighted by Crippen LogP contribution is -2.36. The monoisotopic (exact) mass is 368 g/mol. The first kappa shape index (κ1) is 17.4. The Morgan fingerprint density at radius 3 is 2.85 bits per heavy atom. The van der Waals surface area contributed by atoms with Crippen molar-refractivity contribution in [3.63, 3.8) is 0 Å². The van der Waals surface area contributed by atoms with Gasteiger partial charge in [0.2, 0.25) is 5.91 Å². The maximum absolute atomic E-state index is 13.2. The summed E-state index contributed by atoms with van der Waals surface area (Å²) in [7, 11) is 0. The van der Waals surface area contributed by atoms with Crippen LogP contribution in [0, 0.1) is 25.6 Å². The molecule has 3 heterocycles. The maximum Gasteiger partial charge on any atom is 0.225 e. The fourth-order valence-corrected chi connectivity index (χ4v) is 3.54. The molecule has 1 atom stereocenters. The molecule has 2 aromatic heterocycles. The second kappa shape index (κ2) is 6.94. The molecule has 0 aliphatic carbocycles. The number of fused-ring (bicyclic) bond motifs is 1. The molecule has 1 aromatic carbocycles. The zero-order valence-electron chi connectivity index (χ0n) is 15.3. The fourth-order valence-electron chi connectivity index (χ4n) is 3.54. The Kier molecular flexibility index (Phi) is 4.47. The van der Waals surface area contributed by atoms with E-state index in [0.717, 1.165) is 41.3 Å². The zero-order chi connectivity index (χ0) is 19.0.